The average molecular weight is 661 g/mol. The van der Waals surface area contributed by atoms with E-state index in [0.717, 1.165) is 52.2 Å². The van der Waals surface area contributed by atoms with Crippen LogP contribution in [-0.2, 0) is 15.0 Å². The molecule has 1 N–H and O–H groups in total. The van der Waals surface area contributed by atoms with Crippen molar-refractivity contribution in [3.63, 3.8) is 0 Å². The molecule has 1 aromatic heterocycles. The molecular weight excluding hydrogens is 621 g/mol. The van der Waals surface area contributed by atoms with Gasteiger partial charge in [0.15, 0.2) is 5.13 Å². The highest BCUT2D eigenvalue weighted by Crippen LogP contribution is 2.56. The number of hydrogen-bond donors (Lipinski definition) is 1. The van der Waals surface area contributed by atoms with Gasteiger partial charge in [0, 0.05) is 81.1 Å². The fourth-order valence-corrected chi connectivity index (χ4v) is 8.91. The average Bonchev–Trinajstić information content (AvgIpc) is 3.67. The van der Waals surface area contributed by atoms with Crippen LogP contribution in [0.25, 0.3) is 6.08 Å². The predicted molar refractivity (Wildman–Crippen MR) is 181 cm³/mol. The first-order valence-electron chi connectivity index (χ1n) is 16.1. The Kier molecular flexibility index (Phi) is 8.37. The zero-order chi connectivity index (χ0) is 32.0. The van der Waals surface area contributed by atoms with Crippen LogP contribution in [0.3, 0.4) is 0 Å². The molecule has 1 saturated carbocycles. The number of amides is 2. The van der Waals surface area contributed by atoms with E-state index in [0.29, 0.717) is 25.6 Å². The van der Waals surface area contributed by atoms with Crippen molar-refractivity contribution >= 4 is 50.3 Å². The van der Waals surface area contributed by atoms with Gasteiger partial charge in [-0.15, -0.1) is 11.3 Å². The third-order valence-electron chi connectivity index (χ3n) is 10.0. The van der Waals surface area contributed by atoms with Crippen LogP contribution in [-0.4, -0.2) is 81.2 Å². The summed E-state index contributed by atoms with van der Waals surface area (Å²) in [6.07, 6.45) is 9.81. The van der Waals surface area contributed by atoms with E-state index in [1.165, 1.54) is 44.5 Å². The maximum Gasteiger partial charge on any atom is 0.303 e. The van der Waals surface area contributed by atoms with Crippen LogP contribution in [0.2, 0.25) is 0 Å². The van der Waals surface area contributed by atoms with Crippen molar-refractivity contribution in [2.75, 3.05) is 56.6 Å². The molecule has 0 bridgehead atoms. The normalized spacial score (nSPS) is 21.7. The quantitative estimate of drug-likeness (QED) is 0.411. The van der Waals surface area contributed by atoms with E-state index in [-0.39, 0.29) is 23.4 Å². The number of carbonyl (C=O) groups excluding carboxylic acids is 2. The first-order chi connectivity index (χ1) is 22.2. The van der Waals surface area contributed by atoms with E-state index in [9.17, 15) is 18.0 Å². The molecule has 0 radical (unpaired) electrons. The number of hydrogen-bond acceptors (Lipinski definition) is 8. The fraction of sp³-hybridized carbons (Fsp3) is 0.441. The Bertz CT molecular complexity index is 1760. The summed E-state index contributed by atoms with van der Waals surface area (Å²) >= 11 is 1.61. The van der Waals surface area contributed by atoms with E-state index in [1.54, 1.807) is 17.4 Å². The minimum absolute atomic E-state index is 0.00131. The van der Waals surface area contributed by atoms with Crippen molar-refractivity contribution in [2.24, 2.45) is 5.92 Å². The number of nitrogens with one attached hydrogen (secondary N) is 1. The molecule has 3 aromatic rings. The molecular formula is C34H40N6O4S2. The third-order valence-corrected chi connectivity index (χ3v) is 12.3. The van der Waals surface area contributed by atoms with Crippen molar-refractivity contribution < 1.29 is 18.0 Å². The molecule has 3 aliphatic heterocycles. The van der Waals surface area contributed by atoms with E-state index in [4.69, 9.17) is 0 Å². The molecule has 10 nitrogen and oxygen atoms in total. The van der Waals surface area contributed by atoms with Crippen molar-refractivity contribution in [3.05, 3.63) is 81.9 Å². The standard InChI is InChI=1S/C34H40N6O4S2/c1-37(2)46(43,44)36-32(41)25-12-13-28-29(21-25)40-22-26(33(42)38-15-17-39(18-16-38)34-35-14-19-45-34)20-24-10-6-7-11-27(24)31(40)30(28)23-8-4-3-5-9-23/h6-7,10-14,19-21,23,30-31H,3-5,8-9,15-18,22H2,1-2H3,(H,36,41). The van der Waals surface area contributed by atoms with Crippen LogP contribution >= 0.6 is 11.3 Å². The summed E-state index contributed by atoms with van der Waals surface area (Å²) in [6.45, 7) is 3.11. The van der Waals surface area contributed by atoms with Gasteiger partial charge in [-0.2, -0.15) is 12.7 Å². The molecule has 2 fully saturated rings. The molecule has 0 spiro atoms. The highest BCUT2D eigenvalue weighted by molar-refractivity contribution is 7.87. The minimum Gasteiger partial charge on any atom is -0.359 e. The number of benzene rings is 2. The number of piperazine rings is 1. The molecule has 242 valence electrons. The molecule has 1 saturated heterocycles. The number of carbonyl (C=O) groups is 2. The summed E-state index contributed by atoms with van der Waals surface area (Å²) in [5.74, 6) is 0.0292. The highest BCUT2D eigenvalue weighted by Gasteiger charge is 2.46. The van der Waals surface area contributed by atoms with Crippen LogP contribution in [0, 0.1) is 5.92 Å². The van der Waals surface area contributed by atoms with Crippen LogP contribution in [0.15, 0.2) is 59.6 Å². The van der Waals surface area contributed by atoms with Gasteiger partial charge in [-0.3, -0.25) is 9.59 Å². The first kappa shape index (κ1) is 30.9. The van der Waals surface area contributed by atoms with Crippen molar-refractivity contribution in [3.8, 4) is 0 Å². The number of thiazole rings is 1. The summed E-state index contributed by atoms with van der Waals surface area (Å²) in [7, 11) is -1.18. The molecule has 2 aromatic carbocycles. The van der Waals surface area contributed by atoms with Gasteiger partial charge in [0.2, 0.25) is 0 Å². The number of anilines is 2. The van der Waals surface area contributed by atoms with Crippen molar-refractivity contribution in [2.45, 2.75) is 44.1 Å². The topological polar surface area (TPSA) is 106 Å². The molecule has 12 heteroatoms. The largest absolute Gasteiger partial charge is 0.359 e. The monoisotopic (exact) mass is 660 g/mol. The molecule has 1 aliphatic carbocycles. The predicted octanol–water partition coefficient (Wildman–Crippen LogP) is 4.65. The maximum absolute atomic E-state index is 14.3. The summed E-state index contributed by atoms with van der Waals surface area (Å²) < 4.78 is 28.2. The lowest BCUT2D eigenvalue weighted by molar-refractivity contribution is -0.127. The van der Waals surface area contributed by atoms with Gasteiger partial charge in [0.1, 0.15) is 0 Å². The van der Waals surface area contributed by atoms with E-state index < -0.39 is 16.1 Å². The Morgan fingerprint density at radius 2 is 1.74 bits per heavy atom. The van der Waals surface area contributed by atoms with Gasteiger partial charge in [-0.25, -0.2) is 9.71 Å². The Morgan fingerprint density at radius 1 is 0.978 bits per heavy atom. The van der Waals surface area contributed by atoms with Crippen LogP contribution in [0.5, 0.6) is 0 Å². The Balaban J connectivity index is 1.25. The Hall–Kier alpha value is -3.74. The lowest BCUT2D eigenvalue weighted by Gasteiger charge is -2.37. The zero-order valence-electron chi connectivity index (χ0n) is 26.3. The molecule has 4 aliphatic rings. The van der Waals surface area contributed by atoms with E-state index in [2.05, 4.69) is 43.8 Å². The second kappa shape index (κ2) is 12.5. The fourth-order valence-electron chi connectivity index (χ4n) is 7.68. The summed E-state index contributed by atoms with van der Waals surface area (Å²) in [4.78, 5) is 38.4. The molecule has 2 amide bonds. The van der Waals surface area contributed by atoms with Gasteiger partial charge in [-0.05, 0) is 53.7 Å². The lowest BCUT2D eigenvalue weighted by atomic mass is 9.73. The second-order valence-corrected chi connectivity index (χ2v) is 15.6. The maximum atomic E-state index is 14.3. The van der Waals surface area contributed by atoms with Gasteiger partial charge in [0.25, 0.3) is 11.8 Å². The van der Waals surface area contributed by atoms with Crippen molar-refractivity contribution in [1.29, 1.82) is 0 Å². The van der Waals surface area contributed by atoms with E-state index in [1.807, 2.05) is 34.7 Å². The van der Waals surface area contributed by atoms with Crippen LogP contribution in [0.1, 0.15) is 71.1 Å². The number of fused-ring (bicyclic) bond motifs is 5. The SMILES string of the molecule is CN(C)S(=O)(=O)NC(=O)c1ccc2c(c1)N1CC(C(=O)N3CCN(c4nccs4)CC3)=Cc3ccccc3C1C2C1CCCCC1. The molecule has 4 heterocycles. The third kappa shape index (κ3) is 5.71. The van der Waals surface area contributed by atoms with Gasteiger partial charge < -0.3 is 14.7 Å². The number of nitrogens with zero attached hydrogens (tertiary/aromatic N) is 5. The Labute approximate surface area is 274 Å². The van der Waals surface area contributed by atoms with Gasteiger partial charge >= 0.3 is 10.2 Å². The molecule has 7 rings (SSSR count). The van der Waals surface area contributed by atoms with Crippen LogP contribution in [0.4, 0.5) is 10.8 Å². The lowest BCUT2D eigenvalue weighted by Crippen LogP contribution is -2.49. The molecule has 2 atom stereocenters. The number of rotatable bonds is 6. The summed E-state index contributed by atoms with van der Waals surface area (Å²) in [5, 5.41) is 2.96. The summed E-state index contributed by atoms with van der Waals surface area (Å²) in [6, 6.07) is 14.0. The minimum atomic E-state index is -3.95. The molecule has 2 unspecified atom stereocenters. The Morgan fingerprint density at radius 3 is 2.46 bits per heavy atom. The van der Waals surface area contributed by atoms with E-state index >= 15 is 0 Å². The smallest absolute Gasteiger partial charge is 0.303 e. The summed E-state index contributed by atoms with van der Waals surface area (Å²) in [5.41, 5.74) is 5.32. The highest BCUT2D eigenvalue weighted by atomic mass is 32.2. The van der Waals surface area contributed by atoms with Crippen molar-refractivity contribution in [1.82, 2.24) is 18.9 Å². The van der Waals surface area contributed by atoms with Crippen LogP contribution < -0.4 is 14.5 Å². The zero-order valence-corrected chi connectivity index (χ0v) is 27.9. The second-order valence-electron chi connectivity index (χ2n) is 12.9. The first-order valence-corrected chi connectivity index (χ1v) is 18.4. The van der Waals surface area contributed by atoms with Gasteiger partial charge in [0.05, 0.1) is 6.04 Å². The molecule has 46 heavy (non-hydrogen) atoms. The number of aromatic nitrogens is 1. The van der Waals surface area contributed by atoms with Gasteiger partial charge in [-0.1, -0.05) is 49.6 Å².